The zero-order chi connectivity index (χ0) is 18.4. The molecular weight excluding hydrogens is 346 g/mol. The van der Waals surface area contributed by atoms with Crippen molar-refractivity contribution in [2.24, 2.45) is 0 Å². The summed E-state index contributed by atoms with van der Waals surface area (Å²) in [5.41, 5.74) is 3.48. The first-order valence-corrected chi connectivity index (χ1v) is 9.40. The molecule has 3 aromatic rings. The van der Waals surface area contributed by atoms with Gasteiger partial charge in [-0.15, -0.1) is 10.2 Å². The zero-order valence-electron chi connectivity index (χ0n) is 15.1. The first kappa shape index (κ1) is 18.2. The summed E-state index contributed by atoms with van der Waals surface area (Å²) in [6, 6.07) is 15.6. The van der Waals surface area contributed by atoms with Gasteiger partial charge in [-0.3, -0.25) is 0 Å². The van der Waals surface area contributed by atoms with Crippen LogP contribution in [-0.2, 0) is 0 Å². The maximum atomic E-state index is 5.26. The molecule has 134 valence electrons. The molecule has 0 fully saturated rings. The minimum Gasteiger partial charge on any atom is -0.497 e. The second kappa shape index (κ2) is 8.67. The standard InChI is InChI=1S/C20H21N3O2S/c1-4-13-26-20-21-18(14-5-9-16(24-2)10-6-14)19(22-23-20)15-7-11-17(25-3)12-8-15/h5-12H,4,13H2,1-3H3. The molecule has 0 saturated heterocycles. The lowest BCUT2D eigenvalue weighted by molar-refractivity contribution is 0.414. The summed E-state index contributed by atoms with van der Waals surface area (Å²) in [5.74, 6) is 2.57. The Hall–Kier alpha value is -2.60. The van der Waals surface area contributed by atoms with Crippen LogP contribution >= 0.6 is 11.8 Å². The highest BCUT2D eigenvalue weighted by atomic mass is 32.2. The number of benzene rings is 2. The third-order valence-electron chi connectivity index (χ3n) is 3.83. The van der Waals surface area contributed by atoms with Crippen molar-refractivity contribution in [3.8, 4) is 34.0 Å². The summed E-state index contributed by atoms with van der Waals surface area (Å²) in [4.78, 5) is 4.77. The first-order valence-electron chi connectivity index (χ1n) is 8.41. The Balaban J connectivity index is 2.06. The molecule has 3 rings (SSSR count). The number of thioether (sulfide) groups is 1. The number of aromatic nitrogens is 3. The van der Waals surface area contributed by atoms with Gasteiger partial charge in [0.15, 0.2) is 0 Å². The van der Waals surface area contributed by atoms with E-state index < -0.39 is 0 Å². The van der Waals surface area contributed by atoms with Gasteiger partial charge in [-0.25, -0.2) is 4.98 Å². The molecule has 26 heavy (non-hydrogen) atoms. The van der Waals surface area contributed by atoms with Crippen molar-refractivity contribution >= 4 is 11.8 Å². The molecule has 0 aliphatic heterocycles. The molecule has 0 atom stereocenters. The number of hydrogen-bond donors (Lipinski definition) is 0. The zero-order valence-corrected chi connectivity index (χ0v) is 15.9. The van der Waals surface area contributed by atoms with Crippen LogP contribution in [0.3, 0.4) is 0 Å². The van der Waals surface area contributed by atoms with Gasteiger partial charge >= 0.3 is 0 Å². The molecule has 1 aromatic heterocycles. The summed E-state index contributed by atoms with van der Waals surface area (Å²) < 4.78 is 10.5. The van der Waals surface area contributed by atoms with Crippen LogP contribution in [0.25, 0.3) is 22.5 Å². The van der Waals surface area contributed by atoms with Crippen LogP contribution in [0.1, 0.15) is 13.3 Å². The van der Waals surface area contributed by atoms with E-state index >= 15 is 0 Å². The molecule has 0 spiro atoms. The summed E-state index contributed by atoms with van der Waals surface area (Å²) in [6.07, 6.45) is 1.06. The molecule has 2 aromatic carbocycles. The largest absolute Gasteiger partial charge is 0.497 e. The average Bonchev–Trinajstić information content (AvgIpc) is 2.72. The monoisotopic (exact) mass is 367 g/mol. The van der Waals surface area contributed by atoms with Crippen molar-refractivity contribution in [2.45, 2.75) is 18.5 Å². The lowest BCUT2D eigenvalue weighted by Gasteiger charge is -2.10. The molecule has 0 amide bonds. The van der Waals surface area contributed by atoms with Crippen molar-refractivity contribution in [1.82, 2.24) is 15.2 Å². The first-order chi connectivity index (χ1) is 12.7. The molecule has 6 heteroatoms. The lowest BCUT2D eigenvalue weighted by Crippen LogP contribution is -1.99. The molecule has 0 bridgehead atoms. The van der Waals surface area contributed by atoms with Gasteiger partial charge in [0.25, 0.3) is 0 Å². The summed E-state index contributed by atoms with van der Waals surface area (Å²) >= 11 is 1.62. The van der Waals surface area contributed by atoms with E-state index in [4.69, 9.17) is 14.5 Å². The highest BCUT2D eigenvalue weighted by Gasteiger charge is 2.14. The van der Waals surface area contributed by atoms with E-state index in [-0.39, 0.29) is 0 Å². The summed E-state index contributed by atoms with van der Waals surface area (Å²) in [6.45, 7) is 2.14. The SMILES string of the molecule is CCCSc1nnc(-c2ccc(OC)cc2)c(-c2ccc(OC)cc2)n1. The number of rotatable bonds is 7. The maximum absolute atomic E-state index is 5.26. The predicted octanol–water partition coefficient (Wildman–Crippen LogP) is 4.72. The number of methoxy groups -OCH3 is 2. The van der Waals surface area contributed by atoms with Crippen LogP contribution in [0.15, 0.2) is 53.7 Å². The van der Waals surface area contributed by atoms with E-state index in [1.807, 2.05) is 48.5 Å². The van der Waals surface area contributed by atoms with Gasteiger partial charge in [0.1, 0.15) is 22.9 Å². The topological polar surface area (TPSA) is 57.1 Å². The third kappa shape index (κ3) is 4.14. The van der Waals surface area contributed by atoms with E-state index in [2.05, 4.69) is 17.1 Å². The smallest absolute Gasteiger partial charge is 0.209 e. The van der Waals surface area contributed by atoms with Crippen molar-refractivity contribution in [2.75, 3.05) is 20.0 Å². The van der Waals surface area contributed by atoms with Crippen molar-refractivity contribution in [3.63, 3.8) is 0 Å². The predicted molar refractivity (Wildman–Crippen MR) is 105 cm³/mol. The Morgan fingerprint density at radius 1 is 0.769 bits per heavy atom. The normalized spacial score (nSPS) is 10.6. The fourth-order valence-corrected chi connectivity index (χ4v) is 3.10. The second-order valence-electron chi connectivity index (χ2n) is 5.60. The average molecular weight is 367 g/mol. The van der Waals surface area contributed by atoms with Crippen LogP contribution in [0.4, 0.5) is 0 Å². The van der Waals surface area contributed by atoms with Crippen LogP contribution in [0.2, 0.25) is 0 Å². The molecular formula is C20H21N3O2S. The molecule has 0 radical (unpaired) electrons. The van der Waals surface area contributed by atoms with E-state index in [1.165, 1.54) is 0 Å². The third-order valence-corrected chi connectivity index (χ3v) is 4.87. The van der Waals surface area contributed by atoms with Crippen molar-refractivity contribution < 1.29 is 9.47 Å². The molecule has 0 saturated carbocycles. The van der Waals surface area contributed by atoms with E-state index in [9.17, 15) is 0 Å². The van der Waals surface area contributed by atoms with Crippen LogP contribution in [-0.4, -0.2) is 35.2 Å². The van der Waals surface area contributed by atoms with E-state index in [0.717, 1.165) is 46.2 Å². The molecule has 0 N–H and O–H groups in total. The fourth-order valence-electron chi connectivity index (χ4n) is 2.46. The molecule has 0 aliphatic rings. The Morgan fingerprint density at radius 3 is 1.81 bits per heavy atom. The quantitative estimate of drug-likeness (QED) is 0.563. The summed E-state index contributed by atoms with van der Waals surface area (Å²) in [5, 5.41) is 9.46. The van der Waals surface area contributed by atoms with Gasteiger partial charge in [0.2, 0.25) is 5.16 Å². The van der Waals surface area contributed by atoms with Gasteiger partial charge in [-0.2, -0.15) is 0 Å². The van der Waals surface area contributed by atoms with E-state index in [1.54, 1.807) is 26.0 Å². The fraction of sp³-hybridized carbons (Fsp3) is 0.250. The lowest BCUT2D eigenvalue weighted by atomic mass is 10.0. The summed E-state index contributed by atoms with van der Waals surface area (Å²) in [7, 11) is 3.31. The van der Waals surface area contributed by atoms with Gasteiger partial charge in [-0.1, -0.05) is 18.7 Å². The van der Waals surface area contributed by atoms with Crippen molar-refractivity contribution in [1.29, 1.82) is 0 Å². The van der Waals surface area contributed by atoms with Crippen LogP contribution in [0, 0.1) is 0 Å². The Bertz CT molecular complexity index is 852. The van der Waals surface area contributed by atoms with Crippen LogP contribution in [0.5, 0.6) is 11.5 Å². The molecule has 0 aliphatic carbocycles. The van der Waals surface area contributed by atoms with E-state index in [0.29, 0.717) is 5.16 Å². The van der Waals surface area contributed by atoms with Gasteiger partial charge in [0, 0.05) is 16.9 Å². The number of ether oxygens (including phenoxy) is 2. The second-order valence-corrected chi connectivity index (χ2v) is 6.66. The minimum absolute atomic E-state index is 0.690. The minimum atomic E-state index is 0.690. The molecule has 1 heterocycles. The molecule has 5 nitrogen and oxygen atoms in total. The highest BCUT2D eigenvalue weighted by molar-refractivity contribution is 7.99. The Morgan fingerprint density at radius 2 is 1.31 bits per heavy atom. The number of nitrogens with zero attached hydrogens (tertiary/aromatic N) is 3. The van der Waals surface area contributed by atoms with Crippen LogP contribution < -0.4 is 9.47 Å². The number of hydrogen-bond acceptors (Lipinski definition) is 6. The van der Waals surface area contributed by atoms with Gasteiger partial charge in [-0.05, 0) is 55.0 Å². The Labute approximate surface area is 157 Å². The van der Waals surface area contributed by atoms with Gasteiger partial charge in [0.05, 0.1) is 14.2 Å². The highest BCUT2D eigenvalue weighted by Crippen LogP contribution is 2.31. The Kier molecular flexibility index (Phi) is 6.07. The molecule has 0 unspecified atom stereocenters. The van der Waals surface area contributed by atoms with Gasteiger partial charge < -0.3 is 9.47 Å². The van der Waals surface area contributed by atoms with Crippen molar-refractivity contribution in [3.05, 3.63) is 48.5 Å². The maximum Gasteiger partial charge on any atom is 0.209 e.